The molecule has 2 heterocycles. The molecule has 1 unspecified atom stereocenters. The van der Waals surface area contributed by atoms with E-state index in [0.717, 1.165) is 25.3 Å². The molecule has 2 rings (SSSR count). The van der Waals surface area contributed by atoms with E-state index >= 15 is 0 Å². The molecule has 0 aromatic carbocycles. The van der Waals surface area contributed by atoms with Crippen molar-refractivity contribution in [2.45, 2.75) is 19.9 Å². The van der Waals surface area contributed by atoms with Gasteiger partial charge in [0.15, 0.2) is 0 Å². The number of nitrogens with zero attached hydrogens (tertiary/aromatic N) is 2. The normalized spacial score (nSPS) is 21.7. The summed E-state index contributed by atoms with van der Waals surface area (Å²) in [6, 6.07) is 0. The topological polar surface area (TPSA) is 39.0 Å². The minimum atomic E-state index is 0.106. The molecule has 1 aromatic rings. The Balaban J connectivity index is 2.19. The van der Waals surface area contributed by atoms with E-state index in [1.54, 1.807) is 11.6 Å². The smallest absolute Gasteiger partial charge is 0.316 e. The molecular weight excluding hydrogens is 178 g/mol. The SMILES string of the molecule is Cc1cn(C)c(=O)n1CC1CCNC1. The Labute approximate surface area is 83.5 Å². The first-order valence-electron chi connectivity index (χ1n) is 5.12. The van der Waals surface area contributed by atoms with Crippen LogP contribution in [0.4, 0.5) is 0 Å². The summed E-state index contributed by atoms with van der Waals surface area (Å²) < 4.78 is 3.52. The zero-order chi connectivity index (χ0) is 10.1. The van der Waals surface area contributed by atoms with Crippen molar-refractivity contribution in [1.82, 2.24) is 14.5 Å². The van der Waals surface area contributed by atoms with Crippen molar-refractivity contribution >= 4 is 0 Å². The van der Waals surface area contributed by atoms with E-state index in [1.165, 1.54) is 6.42 Å². The van der Waals surface area contributed by atoms with E-state index in [9.17, 15) is 4.79 Å². The molecule has 0 radical (unpaired) electrons. The Kier molecular flexibility index (Phi) is 2.46. The van der Waals surface area contributed by atoms with Gasteiger partial charge in [0, 0.05) is 25.5 Å². The van der Waals surface area contributed by atoms with E-state index in [2.05, 4.69) is 5.32 Å². The Hall–Kier alpha value is -1.03. The van der Waals surface area contributed by atoms with Crippen LogP contribution in [0, 0.1) is 12.8 Å². The third kappa shape index (κ3) is 1.62. The molecule has 4 heteroatoms. The van der Waals surface area contributed by atoms with Gasteiger partial charge in [-0.3, -0.25) is 4.57 Å². The van der Waals surface area contributed by atoms with Crippen LogP contribution in [0.3, 0.4) is 0 Å². The molecule has 1 fully saturated rings. The number of imidazole rings is 1. The van der Waals surface area contributed by atoms with Crippen LogP contribution in [0.1, 0.15) is 12.1 Å². The van der Waals surface area contributed by atoms with E-state index < -0.39 is 0 Å². The maximum Gasteiger partial charge on any atom is 0.328 e. The summed E-state index contributed by atoms with van der Waals surface area (Å²) in [5.74, 6) is 0.619. The maximum atomic E-state index is 11.7. The molecule has 0 bridgehead atoms. The molecule has 14 heavy (non-hydrogen) atoms. The van der Waals surface area contributed by atoms with Gasteiger partial charge in [-0.15, -0.1) is 0 Å². The van der Waals surface area contributed by atoms with Crippen molar-refractivity contribution in [3.8, 4) is 0 Å². The van der Waals surface area contributed by atoms with Gasteiger partial charge in [-0.2, -0.15) is 0 Å². The number of nitrogens with one attached hydrogen (secondary N) is 1. The lowest BCUT2D eigenvalue weighted by molar-refractivity contribution is 0.463. The molecule has 4 nitrogen and oxygen atoms in total. The Morgan fingerprint density at radius 1 is 1.64 bits per heavy atom. The second kappa shape index (κ2) is 3.61. The lowest BCUT2D eigenvalue weighted by atomic mass is 10.1. The maximum absolute atomic E-state index is 11.7. The summed E-state index contributed by atoms with van der Waals surface area (Å²) >= 11 is 0. The molecule has 0 spiro atoms. The van der Waals surface area contributed by atoms with E-state index in [1.807, 2.05) is 17.7 Å². The quantitative estimate of drug-likeness (QED) is 0.727. The van der Waals surface area contributed by atoms with Gasteiger partial charge < -0.3 is 9.88 Å². The molecule has 78 valence electrons. The Bertz CT molecular complexity index is 371. The molecule has 1 aliphatic heterocycles. The number of hydrogen-bond acceptors (Lipinski definition) is 2. The van der Waals surface area contributed by atoms with Crippen LogP contribution in [0.15, 0.2) is 11.0 Å². The summed E-state index contributed by atoms with van der Waals surface area (Å²) in [5.41, 5.74) is 1.17. The number of aromatic nitrogens is 2. The zero-order valence-corrected chi connectivity index (χ0v) is 8.79. The molecule has 1 atom stereocenters. The van der Waals surface area contributed by atoms with Crippen molar-refractivity contribution in [1.29, 1.82) is 0 Å². The van der Waals surface area contributed by atoms with Gasteiger partial charge >= 0.3 is 5.69 Å². The highest BCUT2D eigenvalue weighted by molar-refractivity contribution is 4.97. The average Bonchev–Trinajstić information content (AvgIpc) is 2.71. The third-order valence-electron chi connectivity index (χ3n) is 2.94. The highest BCUT2D eigenvalue weighted by atomic mass is 16.1. The first-order valence-corrected chi connectivity index (χ1v) is 5.12. The zero-order valence-electron chi connectivity index (χ0n) is 8.79. The van der Waals surface area contributed by atoms with Crippen molar-refractivity contribution in [3.63, 3.8) is 0 Å². The van der Waals surface area contributed by atoms with Crippen molar-refractivity contribution < 1.29 is 0 Å². The molecule has 1 aliphatic rings. The highest BCUT2D eigenvalue weighted by Gasteiger charge is 2.17. The highest BCUT2D eigenvalue weighted by Crippen LogP contribution is 2.10. The summed E-state index contributed by atoms with van der Waals surface area (Å²) in [5, 5.41) is 3.32. The van der Waals surface area contributed by atoms with Crippen molar-refractivity contribution in [3.05, 3.63) is 22.4 Å². The molecule has 1 saturated heterocycles. The second-order valence-corrected chi connectivity index (χ2v) is 4.13. The van der Waals surface area contributed by atoms with E-state index in [0.29, 0.717) is 5.92 Å². The summed E-state index contributed by atoms with van der Waals surface area (Å²) in [4.78, 5) is 11.7. The predicted octanol–water partition coefficient (Wildman–Crippen LogP) is 0.105. The van der Waals surface area contributed by atoms with Gasteiger partial charge in [0.05, 0.1) is 0 Å². The van der Waals surface area contributed by atoms with Crippen LogP contribution >= 0.6 is 0 Å². The Morgan fingerprint density at radius 3 is 2.93 bits per heavy atom. The van der Waals surface area contributed by atoms with Gasteiger partial charge in [0.25, 0.3) is 0 Å². The van der Waals surface area contributed by atoms with Gasteiger partial charge in [-0.05, 0) is 32.4 Å². The fourth-order valence-electron chi connectivity index (χ4n) is 2.10. The standard InChI is InChI=1S/C10H17N3O/c1-8-6-12(2)10(14)13(8)7-9-3-4-11-5-9/h6,9,11H,3-5,7H2,1-2H3. The molecule has 0 amide bonds. The van der Waals surface area contributed by atoms with Crippen molar-refractivity contribution in [2.75, 3.05) is 13.1 Å². The van der Waals surface area contributed by atoms with Gasteiger partial charge in [0.2, 0.25) is 0 Å². The predicted molar refractivity (Wildman–Crippen MR) is 55.4 cm³/mol. The summed E-state index contributed by atoms with van der Waals surface area (Å²) in [6.07, 6.45) is 3.07. The van der Waals surface area contributed by atoms with Gasteiger partial charge in [0.1, 0.15) is 0 Å². The fourth-order valence-corrected chi connectivity index (χ4v) is 2.10. The van der Waals surface area contributed by atoms with Gasteiger partial charge in [-0.25, -0.2) is 4.79 Å². The number of hydrogen-bond donors (Lipinski definition) is 1. The minimum Gasteiger partial charge on any atom is -0.316 e. The second-order valence-electron chi connectivity index (χ2n) is 4.13. The van der Waals surface area contributed by atoms with Crippen LogP contribution in [-0.2, 0) is 13.6 Å². The molecule has 1 N–H and O–H groups in total. The largest absolute Gasteiger partial charge is 0.328 e. The summed E-state index contributed by atoms with van der Waals surface area (Å²) in [6.45, 7) is 4.98. The van der Waals surface area contributed by atoms with Gasteiger partial charge in [-0.1, -0.05) is 0 Å². The van der Waals surface area contributed by atoms with Crippen LogP contribution in [0.5, 0.6) is 0 Å². The first kappa shape index (κ1) is 9.52. The van der Waals surface area contributed by atoms with Crippen LogP contribution in [0.25, 0.3) is 0 Å². The van der Waals surface area contributed by atoms with Crippen LogP contribution in [-0.4, -0.2) is 22.2 Å². The summed E-state index contributed by atoms with van der Waals surface area (Å²) in [7, 11) is 1.80. The van der Waals surface area contributed by atoms with Crippen LogP contribution in [0.2, 0.25) is 0 Å². The first-order chi connectivity index (χ1) is 6.68. The number of aryl methyl sites for hydroxylation is 2. The molecular formula is C10H17N3O. The van der Waals surface area contributed by atoms with E-state index in [4.69, 9.17) is 0 Å². The van der Waals surface area contributed by atoms with Crippen LogP contribution < -0.4 is 11.0 Å². The van der Waals surface area contributed by atoms with E-state index in [-0.39, 0.29) is 5.69 Å². The monoisotopic (exact) mass is 195 g/mol. The number of rotatable bonds is 2. The molecule has 1 aromatic heterocycles. The molecule has 0 aliphatic carbocycles. The minimum absolute atomic E-state index is 0.106. The fraction of sp³-hybridized carbons (Fsp3) is 0.700. The lowest BCUT2D eigenvalue weighted by Crippen LogP contribution is -2.26. The lowest BCUT2D eigenvalue weighted by Gasteiger charge is -2.09. The third-order valence-corrected chi connectivity index (χ3v) is 2.94. The molecule has 0 saturated carbocycles. The average molecular weight is 195 g/mol. The van der Waals surface area contributed by atoms with Crippen molar-refractivity contribution in [2.24, 2.45) is 13.0 Å². The Morgan fingerprint density at radius 2 is 2.43 bits per heavy atom.